The third-order valence-corrected chi connectivity index (χ3v) is 2.22. The first-order chi connectivity index (χ1) is 6.36. The second-order valence-corrected chi connectivity index (χ2v) is 3.04. The number of ether oxygens (including phenoxy) is 2. The van der Waals surface area contributed by atoms with Crippen molar-refractivity contribution >= 4 is 0 Å². The van der Waals surface area contributed by atoms with Crippen molar-refractivity contribution in [3.05, 3.63) is 23.8 Å². The van der Waals surface area contributed by atoms with Gasteiger partial charge in [-0.1, -0.05) is 6.07 Å². The van der Waals surface area contributed by atoms with Crippen LogP contribution in [0.4, 0.5) is 0 Å². The summed E-state index contributed by atoms with van der Waals surface area (Å²) in [6, 6.07) is 6.25. The quantitative estimate of drug-likeness (QED) is 0.712. The molecule has 0 aromatic heterocycles. The van der Waals surface area contributed by atoms with E-state index in [1.54, 1.807) is 14.2 Å². The summed E-state index contributed by atoms with van der Waals surface area (Å²) in [6.45, 7) is 1.01. The Morgan fingerprint density at radius 1 is 1.23 bits per heavy atom. The predicted octanol–water partition coefficient (Wildman–Crippen LogP) is 1.35. The molecule has 0 bridgehead atoms. The zero-order valence-electron chi connectivity index (χ0n) is 7.83. The van der Waals surface area contributed by atoms with Gasteiger partial charge in [0.05, 0.1) is 25.8 Å². The Kier molecular flexibility index (Phi) is 2.10. The highest BCUT2D eigenvalue weighted by Crippen LogP contribution is 2.37. The normalized spacial score (nSPS) is 19.7. The molecule has 1 N–H and O–H groups in total. The molecule has 0 radical (unpaired) electrons. The van der Waals surface area contributed by atoms with Crippen LogP contribution in [-0.2, 0) is 0 Å². The lowest BCUT2D eigenvalue weighted by Crippen LogP contribution is -1.96. The maximum absolute atomic E-state index is 5.27. The van der Waals surface area contributed by atoms with Crippen LogP contribution in [0.2, 0.25) is 0 Å². The van der Waals surface area contributed by atoms with Gasteiger partial charge in [0, 0.05) is 6.54 Å². The highest BCUT2D eigenvalue weighted by Gasteiger charge is 2.28. The lowest BCUT2D eigenvalue weighted by atomic mass is 10.1. The molecule has 1 aromatic rings. The van der Waals surface area contributed by atoms with Gasteiger partial charge in [0.15, 0.2) is 0 Å². The van der Waals surface area contributed by atoms with Crippen LogP contribution in [0.1, 0.15) is 11.6 Å². The van der Waals surface area contributed by atoms with Crippen molar-refractivity contribution in [3.63, 3.8) is 0 Å². The molecule has 1 atom stereocenters. The highest BCUT2D eigenvalue weighted by molar-refractivity contribution is 5.48. The van der Waals surface area contributed by atoms with E-state index >= 15 is 0 Å². The van der Waals surface area contributed by atoms with E-state index in [4.69, 9.17) is 9.47 Å². The van der Waals surface area contributed by atoms with E-state index in [1.165, 1.54) is 0 Å². The smallest absolute Gasteiger partial charge is 0.127 e. The van der Waals surface area contributed by atoms with Gasteiger partial charge in [-0.25, -0.2) is 0 Å². The summed E-state index contributed by atoms with van der Waals surface area (Å²) in [5.74, 6) is 1.80. The van der Waals surface area contributed by atoms with E-state index in [1.807, 2.05) is 18.2 Å². The van der Waals surface area contributed by atoms with Gasteiger partial charge < -0.3 is 14.8 Å². The van der Waals surface area contributed by atoms with Gasteiger partial charge in [0.2, 0.25) is 0 Å². The number of rotatable bonds is 3. The van der Waals surface area contributed by atoms with Crippen molar-refractivity contribution in [2.75, 3.05) is 20.8 Å². The standard InChI is InChI=1S/C10H13NO2/c1-12-8-4-3-5-9(13-2)10(8)7-6-11-7/h3-5,7,11H,6H2,1-2H3/t7-/m1/s1. The van der Waals surface area contributed by atoms with Crippen LogP contribution in [0.5, 0.6) is 11.5 Å². The van der Waals surface area contributed by atoms with Crippen molar-refractivity contribution < 1.29 is 9.47 Å². The molecule has 1 fully saturated rings. The van der Waals surface area contributed by atoms with E-state index in [2.05, 4.69) is 5.32 Å². The lowest BCUT2D eigenvalue weighted by Gasteiger charge is -2.10. The first-order valence-corrected chi connectivity index (χ1v) is 4.31. The van der Waals surface area contributed by atoms with Crippen molar-refractivity contribution in [2.24, 2.45) is 0 Å². The predicted molar refractivity (Wildman–Crippen MR) is 50.3 cm³/mol. The molecule has 3 nitrogen and oxygen atoms in total. The zero-order valence-corrected chi connectivity index (χ0v) is 7.83. The van der Waals surface area contributed by atoms with Crippen LogP contribution >= 0.6 is 0 Å². The third kappa shape index (κ3) is 1.47. The molecule has 2 rings (SSSR count). The van der Waals surface area contributed by atoms with Crippen LogP contribution in [0.15, 0.2) is 18.2 Å². The molecule has 3 heteroatoms. The lowest BCUT2D eigenvalue weighted by molar-refractivity contribution is 0.385. The topological polar surface area (TPSA) is 40.4 Å². The fourth-order valence-electron chi connectivity index (χ4n) is 1.49. The minimum absolute atomic E-state index is 0.408. The number of hydrogen-bond donors (Lipinski definition) is 1. The van der Waals surface area contributed by atoms with Gasteiger partial charge >= 0.3 is 0 Å². The summed E-state index contributed by atoms with van der Waals surface area (Å²) >= 11 is 0. The van der Waals surface area contributed by atoms with E-state index in [9.17, 15) is 0 Å². The molecule has 0 unspecified atom stereocenters. The fraction of sp³-hybridized carbons (Fsp3) is 0.400. The maximum atomic E-state index is 5.27. The van der Waals surface area contributed by atoms with Crippen LogP contribution in [0.25, 0.3) is 0 Å². The molecular formula is C10H13NO2. The minimum Gasteiger partial charge on any atom is -0.496 e. The average Bonchev–Trinajstić information content (AvgIpc) is 3.00. The molecule has 0 aliphatic carbocycles. The van der Waals surface area contributed by atoms with Gasteiger partial charge in [-0.15, -0.1) is 0 Å². The maximum Gasteiger partial charge on any atom is 0.127 e. The van der Waals surface area contributed by atoms with Crippen LogP contribution in [0, 0.1) is 0 Å². The first-order valence-electron chi connectivity index (χ1n) is 4.31. The second kappa shape index (κ2) is 3.26. The van der Waals surface area contributed by atoms with E-state index < -0.39 is 0 Å². The molecular weight excluding hydrogens is 166 g/mol. The molecule has 1 aromatic carbocycles. The monoisotopic (exact) mass is 179 g/mol. The summed E-state index contributed by atoms with van der Waals surface area (Å²) < 4.78 is 10.5. The van der Waals surface area contributed by atoms with Crippen LogP contribution < -0.4 is 14.8 Å². The number of methoxy groups -OCH3 is 2. The summed E-state index contributed by atoms with van der Waals surface area (Å²) in [6.07, 6.45) is 0. The molecule has 0 spiro atoms. The molecule has 1 saturated heterocycles. The molecule has 0 saturated carbocycles. The largest absolute Gasteiger partial charge is 0.496 e. The summed E-state index contributed by atoms with van der Waals surface area (Å²) in [7, 11) is 3.36. The Morgan fingerprint density at radius 2 is 1.77 bits per heavy atom. The van der Waals surface area contributed by atoms with Crippen LogP contribution in [0.3, 0.4) is 0 Å². The molecule has 13 heavy (non-hydrogen) atoms. The minimum atomic E-state index is 0.408. The zero-order chi connectivity index (χ0) is 9.26. The Balaban J connectivity index is 2.44. The van der Waals surface area contributed by atoms with Gasteiger partial charge in [-0.2, -0.15) is 0 Å². The van der Waals surface area contributed by atoms with Crippen LogP contribution in [-0.4, -0.2) is 20.8 Å². The molecule has 1 heterocycles. The van der Waals surface area contributed by atoms with E-state index in [0.717, 1.165) is 23.6 Å². The Hall–Kier alpha value is -1.22. The Labute approximate surface area is 77.7 Å². The average molecular weight is 179 g/mol. The highest BCUT2D eigenvalue weighted by atomic mass is 16.5. The summed E-state index contributed by atoms with van der Waals surface area (Å²) in [5.41, 5.74) is 1.13. The van der Waals surface area contributed by atoms with E-state index in [0.29, 0.717) is 6.04 Å². The Morgan fingerprint density at radius 3 is 2.15 bits per heavy atom. The van der Waals surface area contributed by atoms with Crippen molar-refractivity contribution in [2.45, 2.75) is 6.04 Å². The SMILES string of the molecule is COc1cccc(OC)c1[C@H]1CN1. The molecule has 70 valence electrons. The first kappa shape index (κ1) is 8.38. The second-order valence-electron chi connectivity index (χ2n) is 3.04. The molecule has 0 amide bonds. The van der Waals surface area contributed by atoms with Gasteiger partial charge in [-0.3, -0.25) is 0 Å². The van der Waals surface area contributed by atoms with Crippen molar-refractivity contribution in [3.8, 4) is 11.5 Å². The number of hydrogen-bond acceptors (Lipinski definition) is 3. The van der Waals surface area contributed by atoms with Crippen molar-refractivity contribution in [1.82, 2.24) is 5.32 Å². The third-order valence-electron chi connectivity index (χ3n) is 2.22. The number of benzene rings is 1. The summed E-state index contributed by atoms with van der Waals surface area (Å²) in [5, 5.41) is 3.24. The van der Waals surface area contributed by atoms with Crippen molar-refractivity contribution in [1.29, 1.82) is 0 Å². The van der Waals surface area contributed by atoms with Gasteiger partial charge in [-0.05, 0) is 12.1 Å². The van der Waals surface area contributed by atoms with E-state index in [-0.39, 0.29) is 0 Å². The molecule has 1 aliphatic rings. The summed E-state index contributed by atoms with van der Waals surface area (Å²) in [4.78, 5) is 0. The van der Waals surface area contributed by atoms with Gasteiger partial charge in [0.1, 0.15) is 11.5 Å². The number of nitrogens with one attached hydrogen (secondary N) is 1. The molecule has 1 aliphatic heterocycles. The van der Waals surface area contributed by atoms with Gasteiger partial charge in [0.25, 0.3) is 0 Å². The Bertz CT molecular complexity index is 286. The fourth-order valence-corrected chi connectivity index (χ4v) is 1.49.